The smallest absolute Gasteiger partial charge is 0.252 e. The lowest BCUT2D eigenvalue weighted by Gasteiger charge is -2.28. The summed E-state index contributed by atoms with van der Waals surface area (Å²) in [4.78, 5) is 0.931. The summed E-state index contributed by atoms with van der Waals surface area (Å²) in [5.74, 6) is 0.571. The minimum absolute atomic E-state index is 0.228. The maximum atomic E-state index is 12.8. The molecule has 2 N–H and O–H groups in total. The fraction of sp³-hybridized carbons (Fsp3) is 0.714. The lowest BCUT2D eigenvalue weighted by atomic mass is 9.97. The summed E-state index contributed by atoms with van der Waals surface area (Å²) in [5, 5.41) is 0. The number of sulfonamides is 1. The van der Waals surface area contributed by atoms with Gasteiger partial charge in [-0.05, 0) is 43.7 Å². The minimum Gasteiger partial charge on any atom is -0.326 e. The predicted octanol–water partition coefficient (Wildman–Crippen LogP) is 2.55. The Hall–Kier alpha value is -0.430. The van der Waals surface area contributed by atoms with Gasteiger partial charge in [-0.15, -0.1) is 11.3 Å². The zero-order chi connectivity index (χ0) is 14.2. The van der Waals surface area contributed by atoms with Crippen LogP contribution in [0.1, 0.15) is 43.4 Å². The molecule has 0 aromatic carbocycles. The van der Waals surface area contributed by atoms with E-state index in [1.807, 2.05) is 6.07 Å². The standard InChI is InChI=1S/C14H22N2O2S2/c15-10-12-7-8-14(19-12)20(17,18)16-9-3-6-13(16)11-4-1-2-5-11/h7-8,11,13H,1-6,9-10,15H2. The zero-order valence-electron chi connectivity index (χ0n) is 11.6. The average molecular weight is 314 g/mol. The van der Waals surface area contributed by atoms with E-state index in [1.165, 1.54) is 37.0 Å². The highest BCUT2D eigenvalue weighted by molar-refractivity contribution is 7.91. The van der Waals surface area contributed by atoms with Gasteiger partial charge in [-0.3, -0.25) is 0 Å². The number of thiophene rings is 1. The molecule has 1 atom stereocenters. The number of nitrogens with zero attached hydrogens (tertiary/aromatic N) is 1. The van der Waals surface area contributed by atoms with Gasteiger partial charge in [0.25, 0.3) is 10.0 Å². The van der Waals surface area contributed by atoms with E-state index in [0.29, 0.717) is 23.2 Å². The fourth-order valence-electron chi connectivity index (χ4n) is 3.60. The maximum absolute atomic E-state index is 12.8. The molecule has 6 heteroatoms. The molecule has 0 radical (unpaired) electrons. The third-order valence-corrected chi connectivity index (χ3v) is 8.09. The van der Waals surface area contributed by atoms with Crippen molar-refractivity contribution in [3.63, 3.8) is 0 Å². The van der Waals surface area contributed by atoms with Gasteiger partial charge < -0.3 is 5.73 Å². The first-order valence-corrected chi connectivity index (χ1v) is 9.69. The lowest BCUT2D eigenvalue weighted by molar-refractivity contribution is 0.289. The Labute approximate surface area is 125 Å². The third kappa shape index (κ3) is 2.54. The summed E-state index contributed by atoms with van der Waals surface area (Å²) in [7, 11) is -3.32. The Morgan fingerprint density at radius 2 is 1.95 bits per heavy atom. The second kappa shape index (κ2) is 5.75. The van der Waals surface area contributed by atoms with Gasteiger partial charge in [-0.2, -0.15) is 4.31 Å². The van der Waals surface area contributed by atoms with E-state index in [2.05, 4.69) is 0 Å². The van der Waals surface area contributed by atoms with Crippen LogP contribution in [-0.4, -0.2) is 25.3 Å². The predicted molar refractivity (Wildman–Crippen MR) is 81.1 cm³/mol. The number of rotatable bonds is 4. The first-order valence-electron chi connectivity index (χ1n) is 7.43. The highest BCUT2D eigenvalue weighted by Crippen LogP contribution is 2.38. The summed E-state index contributed by atoms with van der Waals surface area (Å²) in [6.45, 7) is 1.09. The molecule has 2 aliphatic rings. The molecule has 1 unspecified atom stereocenters. The van der Waals surface area contributed by atoms with E-state index in [0.717, 1.165) is 17.7 Å². The van der Waals surface area contributed by atoms with Gasteiger partial charge in [-0.1, -0.05) is 12.8 Å². The molecule has 20 heavy (non-hydrogen) atoms. The summed E-state index contributed by atoms with van der Waals surface area (Å²) in [6.07, 6.45) is 6.91. The molecule has 0 bridgehead atoms. The normalized spacial score (nSPS) is 25.6. The summed E-state index contributed by atoms with van der Waals surface area (Å²) < 4.78 is 27.9. The monoisotopic (exact) mass is 314 g/mol. The zero-order valence-corrected chi connectivity index (χ0v) is 13.3. The second-order valence-electron chi connectivity index (χ2n) is 5.79. The molecule has 2 heterocycles. The number of hydrogen-bond donors (Lipinski definition) is 1. The van der Waals surface area contributed by atoms with Crippen molar-refractivity contribution < 1.29 is 8.42 Å². The van der Waals surface area contributed by atoms with Crippen molar-refractivity contribution in [1.82, 2.24) is 4.31 Å². The molecule has 4 nitrogen and oxygen atoms in total. The molecular formula is C14H22N2O2S2. The second-order valence-corrected chi connectivity index (χ2v) is 9.08. The van der Waals surface area contributed by atoms with Crippen molar-refractivity contribution in [2.24, 2.45) is 11.7 Å². The highest BCUT2D eigenvalue weighted by atomic mass is 32.2. The number of nitrogens with two attached hydrogens (primary N) is 1. The van der Waals surface area contributed by atoms with Crippen LogP contribution >= 0.6 is 11.3 Å². The molecule has 1 aromatic heterocycles. The molecule has 112 valence electrons. The van der Waals surface area contributed by atoms with Crippen molar-refractivity contribution >= 4 is 21.4 Å². The molecular weight excluding hydrogens is 292 g/mol. The Balaban J connectivity index is 1.85. The van der Waals surface area contributed by atoms with Crippen LogP contribution in [0.25, 0.3) is 0 Å². The van der Waals surface area contributed by atoms with Gasteiger partial charge in [-0.25, -0.2) is 8.42 Å². The van der Waals surface area contributed by atoms with Gasteiger partial charge >= 0.3 is 0 Å². The van der Waals surface area contributed by atoms with Crippen LogP contribution in [0.15, 0.2) is 16.3 Å². The quantitative estimate of drug-likeness (QED) is 0.929. The van der Waals surface area contributed by atoms with Crippen molar-refractivity contribution in [3.05, 3.63) is 17.0 Å². The van der Waals surface area contributed by atoms with E-state index >= 15 is 0 Å². The Bertz CT molecular complexity index is 561. The molecule has 1 aromatic rings. The molecule has 0 amide bonds. The van der Waals surface area contributed by atoms with Gasteiger partial charge in [0.2, 0.25) is 0 Å². The topological polar surface area (TPSA) is 63.4 Å². The largest absolute Gasteiger partial charge is 0.326 e. The molecule has 1 aliphatic carbocycles. The van der Waals surface area contributed by atoms with E-state index in [1.54, 1.807) is 10.4 Å². The number of hydrogen-bond acceptors (Lipinski definition) is 4. The first kappa shape index (κ1) is 14.5. The molecule has 0 spiro atoms. The minimum atomic E-state index is -3.32. The van der Waals surface area contributed by atoms with Crippen molar-refractivity contribution in [3.8, 4) is 0 Å². The molecule has 1 saturated heterocycles. The molecule has 3 rings (SSSR count). The van der Waals surface area contributed by atoms with E-state index in [4.69, 9.17) is 5.73 Å². The van der Waals surface area contributed by atoms with E-state index in [9.17, 15) is 8.42 Å². The van der Waals surface area contributed by atoms with Gasteiger partial charge in [0, 0.05) is 24.0 Å². The van der Waals surface area contributed by atoms with Gasteiger partial charge in [0.15, 0.2) is 0 Å². The molecule has 1 saturated carbocycles. The van der Waals surface area contributed by atoms with Crippen LogP contribution in [0.5, 0.6) is 0 Å². The third-order valence-electron chi connectivity index (χ3n) is 4.59. The van der Waals surface area contributed by atoms with Gasteiger partial charge in [0.1, 0.15) is 4.21 Å². The fourth-order valence-corrected chi connectivity index (χ4v) is 6.72. The maximum Gasteiger partial charge on any atom is 0.252 e. The highest BCUT2D eigenvalue weighted by Gasteiger charge is 2.40. The summed E-state index contributed by atoms with van der Waals surface area (Å²) in [6, 6.07) is 3.77. The Morgan fingerprint density at radius 1 is 1.20 bits per heavy atom. The SMILES string of the molecule is NCc1ccc(S(=O)(=O)N2CCCC2C2CCCC2)s1. The summed E-state index contributed by atoms with van der Waals surface area (Å²) >= 11 is 1.32. The van der Waals surface area contributed by atoms with E-state index in [-0.39, 0.29) is 6.04 Å². The summed E-state index contributed by atoms with van der Waals surface area (Å²) in [5.41, 5.74) is 5.59. The Morgan fingerprint density at radius 3 is 2.60 bits per heavy atom. The van der Waals surface area contributed by atoms with Crippen molar-refractivity contribution in [2.75, 3.05) is 6.54 Å². The lowest BCUT2D eigenvalue weighted by Crippen LogP contribution is -2.39. The first-order chi connectivity index (χ1) is 9.63. The van der Waals surface area contributed by atoms with Crippen LogP contribution < -0.4 is 5.73 Å². The van der Waals surface area contributed by atoms with Gasteiger partial charge in [0.05, 0.1) is 0 Å². The molecule has 1 aliphatic heterocycles. The molecule has 2 fully saturated rings. The van der Waals surface area contributed by atoms with Crippen molar-refractivity contribution in [1.29, 1.82) is 0 Å². The average Bonchev–Trinajstić information content (AvgIpc) is 3.17. The van der Waals surface area contributed by atoms with Crippen LogP contribution in [0, 0.1) is 5.92 Å². The van der Waals surface area contributed by atoms with Crippen LogP contribution in [-0.2, 0) is 16.6 Å². The Kier molecular flexibility index (Phi) is 4.17. The van der Waals surface area contributed by atoms with Crippen LogP contribution in [0.3, 0.4) is 0 Å². The van der Waals surface area contributed by atoms with Crippen molar-refractivity contribution in [2.45, 2.75) is 55.3 Å². The van der Waals surface area contributed by atoms with E-state index < -0.39 is 10.0 Å². The van der Waals surface area contributed by atoms with Crippen LogP contribution in [0.2, 0.25) is 0 Å². The van der Waals surface area contributed by atoms with Crippen LogP contribution in [0.4, 0.5) is 0 Å².